The van der Waals surface area contributed by atoms with E-state index in [1.54, 1.807) is 18.4 Å². The molecule has 3 aromatic rings. The zero-order valence-electron chi connectivity index (χ0n) is 16.8. The molecule has 0 bridgehead atoms. The highest BCUT2D eigenvalue weighted by atomic mass is 35.5. The van der Waals surface area contributed by atoms with Crippen molar-refractivity contribution in [1.82, 2.24) is 5.32 Å². The number of benzene rings is 2. The fraction of sp³-hybridized carbons (Fsp3) is 0.227. The molecule has 0 spiro atoms. The second kappa shape index (κ2) is 8.52. The van der Waals surface area contributed by atoms with E-state index in [2.05, 4.69) is 10.5 Å². The third-order valence-electron chi connectivity index (χ3n) is 5.23. The predicted molar refractivity (Wildman–Crippen MR) is 121 cm³/mol. The van der Waals surface area contributed by atoms with Crippen molar-refractivity contribution in [1.29, 1.82) is 5.26 Å². The normalized spacial score (nSPS) is 19.0. The van der Waals surface area contributed by atoms with E-state index in [0.29, 0.717) is 21.2 Å². The molecule has 4 rings (SSSR count). The van der Waals surface area contributed by atoms with E-state index < -0.39 is 30.1 Å². The summed E-state index contributed by atoms with van der Waals surface area (Å²) in [6, 6.07) is 9.59. The molecule has 0 aliphatic carbocycles. The SMILES string of the molecule is CC(C#N)NC(=O)c1ccc(C2=NOC(c3cc(Cl)cc(Cl)c3)(C(F)(F)F)C2)c2sccc12. The maximum Gasteiger partial charge on any atom is 0.435 e. The summed E-state index contributed by atoms with van der Waals surface area (Å²) >= 11 is 13.2. The summed E-state index contributed by atoms with van der Waals surface area (Å²) in [6.45, 7) is 1.54. The highest BCUT2D eigenvalue weighted by molar-refractivity contribution is 7.17. The molecule has 170 valence electrons. The molecular formula is C22H14Cl2F3N3O2S. The van der Waals surface area contributed by atoms with Crippen molar-refractivity contribution >= 4 is 56.2 Å². The third-order valence-corrected chi connectivity index (χ3v) is 6.61. The molecule has 2 aromatic carbocycles. The summed E-state index contributed by atoms with van der Waals surface area (Å²) in [5.41, 5.74) is -2.20. The molecule has 2 atom stereocenters. The van der Waals surface area contributed by atoms with Gasteiger partial charge in [-0.25, -0.2) is 0 Å². The number of nitrogens with one attached hydrogen (secondary N) is 1. The number of amides is 1. The smallest absolute Gasteiger partial charge is 0.374 e. The quantitative estimate of drug-likeness (QED) is 0.438. The van der Waals surface area contributed by atoms with Crippen LogP contribution in [0, 0.1) is 11.3 Å². The Morgan fingerprint density at radius 3 is 2.61 bits per heavy atom. The summed E-state index contributed by atoms with van der Waals surface area (Å²) in [4.78, 5) is 17.6. The first kappa shape index (κ1) is 23.4. The van der Waals surface area contributed by atoms with Gasteiger partial charge in [0.05, 0.1) is 18.2 Å². The van der Waals surface area contributed by atoms with Gasteiger partial charge in [0.15, 0.2) is 0 Å². The number of thiophene rings is 1. The van der Waals surface area contributed by atoms with Gasteiger partial charge in [0.25, 0.3) is 11.5 Å². The lowest BCUT2D eigenvalue weighted by Crippen LogP contribution is -2.42. The standard InChI is InChI=1S/C22H14Cl2F3N3O2S/c1-11(10-28)29-20(31)16-2-3-17(19-15(16)4-5-33-19)18-9-21(32-30-18,22(25,26)27)12-6-13(23)8-14(24)7-12/h2-8,11H,9H2,1H3,(H,29,31). The van der Waals surface area contributed by atoms with Crippen LogP contribution in [0.15, 0.2) is 46.9 Å². The Morgan fingerprint density at radius 2 is 1.97 bits per heavy atom. The van der Waals surface area contributed by atoms with Crippen LogP contribution in [0.3, 0.4) is 0 Å². The van der Waals surface area contributed by atoms with Crippen molar-refractivity contribution < 1.29 is 22.8 Å². The largest absolute Gasteiger partial charge is 0.435 e. The van der Waals surface area contributed by atoms with Gasteiger partial charge >= 0.3 is 6.18 Å². The molecule has 1 aliphatic heterocycles. The summed E-state index contributed by atoms with van der Waals surface area (Å²) < 4.78 is 43.4. The average molecular weight is 512 g/mol. The lowest BCUT2D eigenvalue weighted by molar-refractivity contribution is -0.275. The van der Waals surface area contributed by atoms with Gasteiger partial charge in [0.2, 0.25) is 0 Å². The number of nitriles is 1. The maximum atomic E-state index is 14.3. The number of hydrogen-bond acceptors (Lipinski definition) is 5. The molecule has 1 N–H and O–H groups in total. The van der Waals surface area contributed by atoms with Gasteiger partial charge in [0.1, 0.15) is 6.04 Å². The molecule has 5 nitrogen and oxygen atoms in total. The molecule has 2 unspecified atom stereocenters. The van der Waals surface area contributed by atoms with E-state index >= 15 is 0 Å². The zero-order valence-corrected chi connectivity index (χ0v) is 19.2. The molecule has 0 radical (unpaired) electrons. The monoisotopic (exact) mass is 511 g/mol. The minimum absolute atomic E-state index is 0.0424. The number of oxime groups is 1. The zero-order chi connectivity index (χ0) is 24.0. The van der Waals surface area contributed by atoms with Crippen molar-refractivity contribution in [2.24, 2.45) is 5.16 Å². The minimum atomic E-state index is -4.81. The van der Waals surface area contributed by atoms with Crippen LogP contribution in [0.25, 0.3) is 10.1 Å². The van der Waals surface area contributed by atoms with Crippen molar-refractivity contribution in [3.8, 4) is 6.07 Å². The second-order valence-corrected chi connectivity index (χ2v) is 9.23. The van der Waals surface area contributed by atoms with Gasteiger partial charge in [0, 0.05) is 36.8 Å². The maximum absolute atomic E-state index is 14.3. The number of rotatable bonds is 4. The number of carbonyl (C=O) groups is 1. The van der Waals surface area contributed by atoms with E-state index in [0.717, 1.165) is 12.1 Å². The van der Waals surface area contributed by atoms with Gasteiger partial charge in [-0.15, -0.1) is 11.3 Å². The Labute approximate surface area is 200 Å². The second-order valence-electron chi connectivity index (χ2n) is 7.44. The number of fused-ring (bicyclic) bond motifs is 1. The van der Waals surface area contributed by atoms with Crippen LogP contribution < -0.4 is 5.32 Å². The lowest BCUT2D eigenvalue weighted by atomic mass is 9.86. The van der Waals surface area contributed by atoms with Gasteiger partial charge < -0.3 is 10.2 Å². The van der Waals surface area contributed by atoms with Crippen LogP contribution in [0.4, 0.5) is 13.2 Å². The van der Waals surface area contributed by atoms with Crippen LogP contribution in [0.5, 0.6) is 0 Å². The molecule has 1 aliphatic rings. The molecule has 1 amide bonds. The third kappa shape index (κ3) is 4.14. The van der Waals surface area contributed by atoms with Gasteiger partial charge in [-0.3, -0.25) is 4.79 Å². The van der Waals surface area contributed by atoms with Gasteiger partial charge in [-0.2, -0.15) is 18.4 Å². The lowest BCUT2D eigenvalue weighted by Gasteiger charge is -2.29. The van der Waals surface area contributed by atoms with Crippen molar-refractivity contribution in [3.05, 3.63) is 68.5 Å². The molecule has 2 heterocycles. The van der Waals surface area contributed by atoms with Crippen LogP contribution >= 0.6 is 34.5 Å². The topological polar surface area (TPSA) is 74.5 Å². The van der Waals surface area contributed by atoms with E-state index in [4.69, 9.17) is 33.3 Å². The highest BCUT2D eigenvalue weighted by Gasteiger charge is 2.62. The minimum Gasteiger partial charge on any atom is -0.374 e. The molecule has 0 saturated carbocycles. The molecule has 0 fully saturated rings. The van der Waals surface area contributed by atoms with E-state index in [1.165, 1.54) is 29.5 Å². The Hall–Kier alpha value is -2.80. The fourth-order valence-corrected chi connectivity index (χ4v) is 5.11. The first-order valence-corrected chi connectivity index (χ1v) is 11.2. The number of hydrogen-bond donors (Lipinski definition) is 1. The number of carbonyl (C=O) groups excluding carboxylic acids is 1. The highest BCUT2D eigenvalue weighted by Crippen LogP contribution is 2.50. The average Bonchev–Trinajstić information content (AvgIpc) is 3.40. The first-order valence-electron chi connectivity index (χ1n) is 9.55. The Balaban J connectivity index is 1.75. The van der Waals surface area contributed by atoms with Crippen LogP contribution in [0.2, 0.25) is 10.0 Å². The summed E-state index contributed by atoms with van der Waals surface area (Å²) in [5, 5.41) is 17.6. The molecule has 0 saturated heterocycles. The molecule has 1 aromatic heterocycles. The van der Waals surface area contributed by atoms with Crippen molar-refractivity contribution in [3.63, 3.8) is 0 Å². The summed E-state index contributed by atoms with van der Waals surface area (Å²) in [7, 11) is 0. The van der Waals surface area contributed by atoms with Crippen LogP contribution in [-0.4, -0.2) is 23.8 Å². The van der Waals surface area contributed by atoms with Crippen LogP contribution in [0.1, 0.15) is 34.8 Å². The molecule has 11 heteroatoms. The van der Waals surface area contributed by atoms with E-state index in [9.17, 15) is 18.0 Å². The molecular weight excluding hydrogens is 498 g/mol. The predicted octanol–water partition coefficient (Wildman–Crippen LogP) is 6.43. The summed E-state index contributed by atoms with van der Waals surface area (Å²) in [6.07, 6.45) is -5.41. The Morgan fingerprint density at radius 1 is 1.27 bits per heavy atom. The first-order chi connectivity index (χ1) is 15.6. The van der Waals surface area contributed by atoms with Crippen molar-refractivity contribution in [2.45, 2.75) is 31.2 Å². The Kier molecular flexibility index (Phi) is 6.03. The summed E-state index contributed by atoms with van der Waals surface area (Å²) in [5.74, 6) is -0.457. The van der Waals surface area contributed by atoms with Crippen molar-refractivity contribution in [2.75, 3.05) is 0 Å². The number of alkyl halides is 3. The number of halogens is 5. The van der Waals surface area contributed by atoms with E-state index in [1.807, 2.05) is 6.07 Å². The Bertz CT molecular complexity index is 1310. The fourth-order valence-electron chi connectivity index (χ4n) is 3.63. The van der Waals surface area contributed by atoms with Gasteiger partial charge in [-0.05, 0) is 42.6 Å². The van der Waals surface area contributed by atoms with Crippen LogP contribution in [-0.2, 0) is 10.4 Å². The van der Waals surface area contributed by atoms with Gasteiger partial charge in [-0.1, -0.05) is 34.4 Å². The molecule has 33 heavy (non-hydrogen) atoms. The van der Waals surface area contributed by atoms with E-state index in [-0.39, 0.29) is 21.3 Å². The number of nitrogens with zero attached hydrogens (tertiary/aromatic N) is 2.